The fourth-order valence-corrected chi connectivity index (χ4v) is 6.74. The smallest absolute Gasteiger partial charge is 0.306 e. The molecule has 0 aromatic rings. The first-order chi connectivity index (χ1) is 28.5. The minimum absolute atomic E-state index is 0.0267. The largest absolute Gasteiger partial charge is 0.462 e. The van der Waals surface area contributed by atoms with Crippen LogP contribution >= 0.6 is 0 Å². The Bertz CT molecular complexity index is 1130. The molecule has 0 bridgehead atoms. The third-order valence-electron chi connectivity index (χ3n) is 10.4. The Hall–Kier alpha value is -2.96. The summed E-state index contributed by atoms with van der Waals surface area (Å²) >= 11 is 0. The average Bonchev–Trinajstić information content (AvgIpc) is 3.22. The number of hydrogen-bond donors (Lipinski definition) is 3. The number of amides is 1. The van der Waals surface area contributed by atoms with Crippen molar-refractivity contribution in [1.29, 1.82) is 0 Å². The zero-order chi connectivity index (χ0) is 42.4. The molecular formula is C52H89NO5. The van der Waals surface area contributed by atoms with Crippen LogP contribution in [0.4, 0.5) is 0 Å². The fraction of sp³-hybridized carbons (Fsp3) is 0.692. The van der Waals surface area contributed by atoms with E-state index >= 15 is 0 Å². The Balaban J connectivity index is 4.79. The van der Waals surface area contributed by atoms with Crippen molar-refractivity contribution >= 4 is 11.9 Å². The second-order valence-electron chi connectivity index (χ2n) is 15.9. The first-order valence-corrected chi connectivity index (χ1v) is 23.9. The standard InChI is InChI=1S/C52H89NO5/c1-4-7-10-13-16-19-22-24-25-26-28-29-31-34-37-40-43-48(58-52(57)45-42-39-36-33-30-27-23-20-17-14-11-8-5-2)46-51(56)53-49(47-54)50(55)44-41-38-35-32-21-18-15-12-9-6-3/h8,11,14,17,20,23,25-30,33,36,48-50,54-55H,4-7,9-10,12-13,15-16,18-19,21-22,24,31-32,34-35,37-47H2,1-3H3,(H,53,56)/b11-8+,17-14+,23-20-,26-25+,29-28+,30-27-,36-33+. The van der Waals surface area contributed by atoms with Gasteiger partial charge >= 0.3 is 5.97 Å². The quantitative estimate of drug-likeness (QED) is 0.0325. The van der Waals surface area contributed by atoms with Crippen molar-refractivity contribution in [3.63, 3.8) is 0 Å². The topological polar surface area (TPSA) is 95.9 Å². The van der Waals surface area contributed by atoms with Gasteiger partial charge in [0.15, 0.2) is 0 Å². The highest BCUT2D eigenvalue weighted by Gasteiger charge is 2.24. The monoisotopic (exact) mass is 808 g/mol. The van der Waals surface area contributed by atoms with Gasteiger partial charge in [-0.2, -0.15) is 0 Å². The minimum atomic E-state index is -0.809. The molecule has 3 unspecified atom stereocenters. The number of esters is 1. The molecule has 0 aromatic carbocycles. The van der Waals surface area contributed by atoms with Gasteiger partial charge in [0, 0.05) is 6.42 Å². The highest BCUT2D eigenvalue weighted by molar-refractivity contribution is 5.77. The molecule has 6 heteroatoms. The molecule has 0 aliphatic rings. The van der Waals surface area contributed by atoms with Gasteiger partial charge in [-0.25, -0.2) is 0 Å². The molecule has 0 aromatic heterocycles. The van der Waals surface area contributed by atoms with E-state index in [4.69, 9.17) is 4.74 Å². The predicted molar refractivity (Wildman–Crippen MR) is 250 cm³/mol. The lowest BCUT2D eigenvalue weighted by Crippen LogP contribution is -2.46. The lowest BCUT2D eigenvalue weighted by molar-refractivity contribution is -0.151. The molecule has 0 rings (SSSR count). The van der Waals surface area contributed by atoms with Crippen LogP contribution in [0.5, 0.6) is 0 Å². The second-order valence-corrected chi connectivity index (χ2v) is 15.9. The van der Waals surface area contributed by atoms with Crippen LogP contribution in [-0.2, 0) is 14.3 Å². The van der Waals surface area contributed by atoms with Crippen molar-refractivity contribution in [1.82, 2.24) is 5.32 Å². The zero-order valence-electron chi connectivity index (χ0n) is 37.6. The molecule has 0 spiro atoms. The fourth-order valence-electron chi connectivity index (χ4n) is 6.74. The maximum atomic E-state index is 13.1. The van der Waals surface area contributed by atoms with Gasteiger partial charge < -0.3 is 20.3 Å². The first-order valence-electron chi connectivity index (χ1n) is 23.9. The lowest BCUT2D eigenvalue weighted by Gasteiger charge is -2.24. The van der Waals surface area contributed by atoms with E-state index in [0.717, 1.165) is 64.2 Å². The van der Waals surface area contributed by atoms with Crippen molar-refractivity contribution in [2.75, 3.05) is 6.61 Å². The van der Waals surface area contributed by atoms with Crippen LogP contribution in [0.2, 0.25) is 0 Å². The molecule has 0 fully saturated rings. The Morgan fingerprint density at radius 3 is 1.45 bits per heavy atom. The highest BCUT2D eigenvalue weighted by Crippen LogP contribution is 2.16. The SMILES string of the molecule is CC/C=C/C=C/C=C\C=C/C=C/CCCC(=O)OC(CCCCC/C=C/C=C/CCCCCCCCC)CC(=O)NC(CO)C(O)CCCCCCCCCCCC. The van der Waals surface area contributed by atoms with Gasteiger partial charge in [-0.3, -0.25) is 9.59 Å². The van der Waals surface area contributed by atoms with Crippen LogP contribution in [0.15, 0.2) is 85.1 Å². The van der Waals surface area contributed by atoms with Crippen molar-refractivity contribution < 1.29 is 24.5 Å². The molecular weight excluding hydrogens is 719 g/mol. The molecule has 58 heavy (non-hydrogen) atoms. The maximum absolute atomic E-state index is 13.1. The summed E-state index contributed by atoms with van der Waals surface area (Å²) < 4.78 is 5.86. The summed E-state index contributed by atoms with van der Waals surface area (Å²) in [5.41, 5.74) is 0. The number of aliphatic hydroxyl groups is 2. The Morgan fingerprint density at radius 2 is 0.931 bits per heavy atom. The van der Waals surface area contributed by atoms with Crippen LogP contribution in [0.1, 0.15) is 207 Å². The van der Waals surface area contributed by atoms with Gasteiger partial charge in [0.25, 0.3) is 0 Å². The van der Waals surface area contributed by atoms with E-state index in [1.165, 1.54) is 89.9 Å². The lowest BCUT2D eigenvalue weighted by atomic mass is 10.0. The van der Waals surface area contributed by atoms with Gasteiger partial charge in [-0.1, -0.05) is 215 Å². The van der Waals surface area contributed by atoms with E-state index in [2.05, 4.69) is 56.5 Å². The van der Waals surface area contributed by atoms with Crippen molar-refractivity contribution in [3.8, 4) is 0 Å². The number of carbonyl (C=O) groups excluding carboxylic acids is 2. The summed E-state index contributed by atoms with van der Waals surface area (Å²) in [6.45, 7) is 6.28. The van der Waals surface area contributed by atoms with E-state index < -0.39 is 18.2 Å². The molecule has 0 saturated carbocycles. The molecule has 6 nitrogen and oxygen atoms in total. The van der Waals surface area contributed by atoms with E-state index in [0.29, 0.717) is 19.3 Å². The Kier molecular flexibility index (Phi) is 42.8. The number of rotatable bonds is 41. The number of unbranched alkanes of at least 4 members (excludes halogenated alkanes) is 20. The third kappa shape index (κ3) is 39.8. The van der Waals surface area contributed by atoms with Gasteiger partial charge in [0.2, 0.25) is 5.91 Å². The van der Waals surface area contributed by atoms with Crippen molar-refractivity contribution in [3.05, 3.63) is 85.1 Å². The molecule has 0 saturated heterocycles. The van der Waals surface area contributed by atoms with Crippen LogP contribution in [0, 0.1) is 0 Å². The predicted octanol–water partition coefficient (Wildman–Crippen LogP) is 14.0. The zero-order valence-corrected chi connectivity index (χ0v) is 37.6. The third-order valence-corrected chi connectivity index (χ3v) is 10.4. The molecule has 0 aliphatic carbocycles. The van der Waals surface area contributed by atoms with Gasteiger partial charge in [-0.05, 0) is 64.2 Å². The van der Waals surface area contributed by atoms with E-state index in [-0.39, 0.29) is 31.3 Å². The second kappa shape index (κ2) is 45.1. The summed E-state index contributed by atoms with van der Waals surface area (Å²) in [7, 11) is 0. The Labute approximate surface area is 357 Å². The normalized spacial score (nSPS) is 14.1. The van der Waals surface area contributed by atoms with Crippen LogP contribution in [0.3, 0.4) is 0 Å². The van der Waals surface area contributed by atoms with Gasteiger partial charge in [0.05, 0.1) is 25.2 Å². The number of allylic oxidation sites excluding steroid dienone is 14. The van der Waals surface area contributed by atoms with E-state index in [1.54, 1.807) is 0 Å². The summed E-state index contributed by atoms with van der Waals surface area (Å²) in [6.07, 6.45) is 57.9. The summed E-state index contributed by atoms with van der Waals surface area (Å²) in [5.74, 6) is -0.596. The molecule has 3 N–H and O–H groups in total. The minimum Gasteiger partial charge on any atom is -0.462 e. The highest BCUT2D eigenvalue weighted by atomic mass is 16.5. The van der Waals surface area contributed by atoms with Gasteiger partial charge in [-0.15, -0.1) is 0 Å². The average molecular weight is 808 g/mol. The van der Waals surface area contributed by atoms with Crippen LogP contribution in [0.25, 0.3) is 0 Å². The summed E-state index contributed by atoms with van der Waals surface area (Å²) in [6, 6.07) is -0.727. The van der Waals surface area contributed by atoms with Crippen LogP contribution in [-0.4, -0.2) is 46.9 Å². The molecule has 332 valence electrons. The van der Waals surface area contributed by atoms with E-state index in [9.17, 15) is 19.8 Å². The maximum Gasteiger partial charge on any atom is 0.306 e. The number of aliphatic hydroxyl groups excluding tert-OH is 2. The molecule has 3 atom stereocenters. The van der Waals surface area contributed by atoms with Crippen LogP contribution < -0.4 is 5.32 Å². The molecule has 0 aliphatic heterocycles. The first kappa shape index (κ1) is 55.0. The van der Waals surface area contributed by atoms with Crippen molar-refractivity contribution in [2.45, 2.75) is 225 Å². The Morgan fingerprint density at radius 1 is 0.517 bits per heavy atom. The molecule has 0 radical (unpaired) electrons. The van der Waals surface area contributed by atoms with Crippen molar-refractivity contribution in [2.24, 2.45) is 0 Å². The number of hydrogen-bond acceptors (Lipinski definition) is 5. The number of carbonyl (C=O) groups is 2. The molecule has 1 amide bonds. The van der Waals surface area contributed by atoms with Gasteiger partial charge in [0.1, 0.15) is 6.10 Å². The van der Waals surface area contributed by atoms with E-state index in [1.807, 2.05) is 54.7 Å². The number of nitrogens with one attached hydrogen (secondary N) is 1. The summed E-state index contributed by atoms with van der Waals surface area (Å²) in [4.78, 5) is 26.0. The molecule has 0 heterocycles. The number of ether oxygens (including phenoxy) is 1. The summed E-state index contributed by atoms with van der Waals surface area (Å²) in [5, 5.41) is 23.6.